The van der Waals surface area contributed by atoms with E-state index in [4.69, 9.17) is 5.11 Å². The number of hydrogen-bond donors (Lipinski definition) is 1. The van der Waals surface area contributed by atoms with Crippen molar-refractivity contribution < 1.29 is 23.5 Å². The highest BCUT2D eigenvalue weighted by Crippen LogP contribution is 2.36. The summed E-state index contributed by atoms with van der Waals surface area (Å²) in [7, 11) is 0. The highest BCUT2D eigenvalue weighted by Gasteiger charge is 2.55. The molecule has 0 bridgehead atoms. The van der Waals surface area contributed by atoms with Gasteiger partial charge in [0.1, 0.15) is 11.6 Å². The molecule has 1 unspecified atom stereocenters. The quantitative estimate of drug-likeness (QED) is 0.629. The van der Waals surface area contributed by atoms with Crippen LogP contribution in [-0.4, -0.2) is 23.5 Å². The van der Waals surface area contributed by atoms with Crippen molar-refractivity contribution in [1.29, 1.82) is 0 Å². The lowest BCUT2D eigenvalue weighted by atomic mass is 9.80. The summed E-state index contributed by atoms with van der Waals surface area (Å²) in [6, 6.07) is 2.66. The zero-order valence-corrected chi connectivity index (χ0v) is 8.91. The van der Waals surface area contributed by atoms with Crippen molar-refractivity contribution >= 4 is 17.6 Å². The molecule has 0 aromatic heterocycles. The van der Waals surface area contributed by atoms with E-state index in [1.165, 1.54) is 6.92 Å². The zero-order chi connectivity index (χ0) is 12.8. The van der Waals surface area contributed by atoms with E-state index >= 15 is 0 Å². The first-order valence-corrected chi connectivity index (χ1v) is 4.86. The number of carbonyl (C=O) groups is 2. The van der Waals surface area contributed by atoms with Crippen molar-refractivity contribution in [3.63, 3.8) is 0 Å². The van der Waals surface area contributed by atoms with Crippen LogP contribution in [0.4, 0.5) is 14.5 Å². The smallest absolute Gasteiger partial charge is 0.320 e. The lowest BCUT2D eigenvalue weighted by Gasteiger charge is -2.43. The molecule has 1 aromatic rings. The fourth-order valence-electron chi connectivity index (χ4n) is 1.73. The summed E-state index contributed by atoms with van der Waals surface area (Å²) in [6.07, 6.45) is 0. The fourth-order valence-corrected chi connectivity index (χ4v) is 1.73. The molecule has 1 atom stereocenters. The molecule has 1 saturated heterocycles. The molecule has 1 aliphatic heterocycles. The van der Waals surface area contributed by atoms with E-state index in [1.807, 2.05) is 0 Å². The van der Waals surface area contributed by atoms with Gasteiger partial charge in [0.2, 0.25) is 5.91 Å². The normalized spacial score (nSPS) is 23.5. The molecule has 17 heavy (non-hydrogen) atoms. The second-order valence-corrected chi connectivity index (χ2v) is 4.16. The Morgan fingerprint density at radius 2 is 1.88 bits per heavy atom. The van der Waals surface area contributed by atoms with Gasteiger partial charge in [0.05, 0.1) is 6.54 Å². The largest absolute Gasteiger partial charge is 0.480 e. The maximum Gasteiger partial charge on any atom is 0.320 e. The number of aliphatic carboxylic acids is 1. The number of carboxylic acids is 1. The number of carboxylic acid groups (broad SMARTS) is 1. The molecule has 2 rings (SSSR count). The summed E-state index contributed by atoms with van der Waals surface area (Å²) < 4.78 is 25.9. The molecule has 4 nitrogen and oxygen atoms in total. The molecule has 1 fully saturated rings. The third-order valence-electron chi connectivity index (χ3n) is 2.82. The average molecular weight is 241 g/mol. The van der Waals surface area contributed by atoms with Crippen LogP contribution in [0, 0.1) is 17.0 Å². The maximum atomic E-state index is 12.9. The predicted octanol–water partition coefficient (Wildman–Crippen LogP) is 1.40. The zero-order valence-electron chi connectivity index (χ0n) is 8.91. The number of anilines is 1. The van der Waals surface area contributed by atoms with E-state index in [2.05, 4.69) is 0 Å². The van der Waals surface area contributed by atoms with Crippen LogP contribution >= 0.6 is 0 Å². The molecule has 1 aromatic carbocycles. The Balaban J connectivity index is 2.28. The Bertz CT molecular complexity index is 497. The van der Waals surface area contributed by atoms with Gasteiger partial charge in [-0.3, -0.25) is 9.59 Å². The standard InChI is InChI=1S/C11H9F2NO3/c1-11(10(16)17)5-14(9(11)15)8-3-6(12)2-7(13)4-8/h2-4H,5H2,1H3,(H,16,17). The van der Waals surface area contributed by atoms with E-state index in [0.29, 0.717) is 6.07 Å². The van der Waals surface area contributed by atoms with Crippen molar-refractivity contribution in [3.05, 3.63) is 29.8 Å². The van der Waals surface area contributed by atoms with Crippen molar-refractivity contribution in [2.75, 3.05) is 11.4 Å². The number of rotatable bonds is 2. The number of benzene rings is 1. The Morgan fingerprint density at radius 1 is 1.35 bits per heavy atom. The van der Waals surface area contributed by atoms with Crippen molar-refractivity contribution in [2.24, 2.45) is 5.41 Å². The van der Waals surface area contributed by atoms with Crippen LogP contribution in [0.5, 0.6) is 0 Å². The number of β-lactam (4-membered cyclic amide) rings is 1. The van der Waals surface area contributed by atoms with E-state index < -0.39 is 28.9 Å². The van der Waals surface area contributed by atoms with Crippen molar-refractivity contribution in [2.45, 2.75) is 6.92 Å². The van der Waals surface area contributed by atoms with Crippen LogP contribution in [0.3, 0.4) is 0 Å². The minimum atomic E-state index is -1.50. The molecule has 90 valence electrons. The van der Waals surface area contributed by atoms with Crippen LogP contribution in [0.1, 0.15) is 6.92 Å². The molecule has 1 aliphatic rings. The van der Waals surface area contributed by atoms with E-state index in [0.717, 1.165) is 17.0 Å². The molecule has 0 aliphatic carbocycles. The Hall–Kier alpha value is -1.98. The summed E-state index contributed by atoms with van der Waals surface area (Å²) in [5, 5.41) is 8.84. The number of nitrogens with zero attached hydrogens (tertiary/aromatic N) is 1. The Kier molecular flexibility index (Phi) is 2.38. The maximum absolute atomic E-state index is 12.9. The lowest BCUT2D eigenvalue weighted by Crippen LogP contribution is -2.64. The fraction of sp³-hybridized carbons (Fsp3) is 0.273. The number of hydrogen-bond acceptors (Lipinski definition) is 2. The third-order valence-corrected chi connectivity index (χ3v) is 2.82. The van der Waals surface area contributed by atoms with Crippen LogP contribution < -0.4 is 4.90 Å². The molecule has 0 radical (unpaired) electrons. The van der Waals surface area contributed by atoms with Gasteiger partial charge in [-0.2, -0.15) is 0 Å². The first-order chi connectivity index (χ1) is 7.84. The van der Waals surface area contributed by atoms with Crippen LogP contribution in [-0.2, 0) is 9.59 Å². The lowest BCUT2D eigenvalue weighted by molar-refractivity contribution is -0.158. The number of amides is 1. The SMILES string of the molecule is CC1(C(=O)O)CN(c2cc(F)cc(F)c2)C1=O. The van der Waals surface area contributed by atoms with Gasteiger partial charge in [-0.05, 0) is 19.1 Å². The number of halogens is 2. The highest BCUT2D eigenvalue weighted by atomic mass is 19.1. The molecule has 1 heterocycles. The van der Waals surface area contributed by atoms with Crippen LogP contribution in [0.15, 0.2) is 18.2 Å². The highest BCUT2D eigenvalue weighted by molar-refractivity contribution is 6.15. The summed E-state index contributed by atoms with van der Waals surface area (Å²) >= 11 is 0. The summed E-state index contributed by atoms with van der Waals surface area (Å²) in [5.74, 6) is -3.53. The van der Waals surface area contributed by atoms with Gasteiger partial charge in [0, 0.05) is 11.8 Å². The Labute approximate surface area is 95.5 Å². The first kappa shape index (κ1) is 11.5. The molecule has 6 heteroatoms. The summed E-state index contributed by atoms with van der Waals surface area (Å²) in [5.41, 5.74) is -1.46. The molecule has 1 N–H and O–H groups in total. The van der Waals surface area contributed by atoms with Gasteiger partial charge < -0.3 is 10.0 Å². The minimum absolute atomic E-state index is 0.0335. The Morgan fingerprint density at radius 3 is 2.29 bits per heavy atom. The second kappa shape index (κ2) is 3.51. The number of carbonyl (C=O) groups excluding carboxylic acids is 1. The molecule has 0 saturated carbocycles. The minimum Gasteiger partial charge on any atom is -0.480 e. The molecule has 1 amide bonds. The molecular weight excluding hydrogens is 232 g/mol. The first-order valence-electron chi connectivity index (χ1n) is 4.86. The molecule has 0 spiro atoms. The average Bonchev–Trinajstić information content (AvgIpc) is 2.23. The van der Waals surface area contributed by atoms with E-state index in [-0.39, 0.29) is 12.2 Å². The molecular formula is C11H9F2NO3. The second-order valence-electron chi connectivity index (χ2n) is 4.16. The topological polar surface area (TPSA) is 57.6 Å². The van der Waals surface area contributed by atoms with Crippen molar-refractivity contribution in [3.8, 4) is 0 Å². The summed E-state index contributed by atoms with van der Waals surface area (Å²) in [4.78, 5) is 23.5. The van der Waals surface area contributed by atoms with Crippen LogP contribution in [0.2, 0.25) is 0 Å². The van der Waals surface area contributed by atoms with E-state index in [1.54, 1.807) is 0 Å². The van der Waals surface area contributed by atoms with Gasteiger partial charge in [-0.1, -0.05) is 0 Å². The monoisotopic (exact) mass is 241 g/mol. The van der Waals surface area contributed by atoms with Gasteiger partial charge in [0.15, 0.2) is 5.41 Å². The van der Waals surface area contributed by atoms with Crippen molar-refractivity contribution in [1.82, 2.24) is 0 Å². The van der Waals surface area contributed by atoms with Gasteiger partial charge >= 0.3 is 5.97 Å². The van der Waals surface area contributed by atoms with Gasteiger partial charge in [0.25, 0.3) is 0 Å². The predicted molar refractivity (Wildman–Crippen MR) is 54.5 cm³/mol. The summed E-state index contributed by atoms with van der Waals surface area (Å²) in [6.45, 7) is 1.19. The van der Waals surface area contributed by atoms with Crippen LogP contribution in [0.25, 0.3) is 0 Å². The third kappa shape index (κ3) is 1.65. The van der Waals surface area contributed by atoms with Gasteiger partial charge in [-0.25, -0.2) is 8.78 Å². The van der Waals surface area contributed by atoms with E-state index in [9.17, 15) is 18.4 Å². The van der Waals surface area contributed by atoms with Gasteiger partial charge in [-0.15, -0.1) is 0 Å².